The van der Waals surface area contributed by atoms with E-state index >= 15 is 0 Å². The summed E-state index contributed by atoms with van der Waals surface area (Å²) in [5, 5.41) is 0. The van der Waals surface area contributed by atoms with Gasteiger partial charge in [-0.05, 0) is 50.5 Å². The van der Waals surface area contributed by atoms with Crippen molar-refractivity contribution in [3.63, 3.8) is 0 Å². The lowest BCUT2D eigenvalue weighted by Gasteiger charge is -2.21. The molecule has 0 saturated carbocycles. The van der Waals surface area contributed by atoms with Gasteiger partial charge in [-0.15, -0.1) is 0 Å². The second kappa shape index (κ2) is 7.70. The molecule has 0 fully saturated rings. The van der Waals surface area contributed by atoms with Crippen LogP contribution in [0.3, 0.4) is 0 Å². The highest BCUT2D eigenvalue weighted by atomic mass is 19.1. The van der Waals surface area contributed by atoms with Gasteiger partial charge in [-0.1, -0.05) is 18.6 Å². The number of amides is 1. The molecule has 5 nitrogen and oxygen atoms in total. The van der Waals surface area contributed by atoms with Crippen molar-refractivity contribution in [1.82, 2.24) is 19.4 Å². The van der Waals surface area contributed by atoms with Gasteiger partial charge in [-0.3, -0.25) is 4.79 Å². The molecule has 1 aliphatic heterocycles. The first-order valence-corrected chi connectivity index (χ1v) is 9.97. The maximum atomic E-state index is 13.5. The molecule has 0 saturated heterocycles. The van der Waals surface area contributed by atoms with E-state index in [1.165, 1.54) is 18.6 Å². The molecule has 0 N–H and O–H groups in total. The molecule has 4 rings (SSSR count). The molecule has 0 radical (unpaired) electrons. The Morgan fingerprint density at radius 1 is 1.21 bits per heavy atom. The summed E-state index contributed by atoms with van der Waals surface area (Å²) in [6, 6.07) is 8.22. The van der Waals surface area contributed by atoms with Gasteiger partial charge in [-0.2, -0.15) is 0 Å². The van der Waals surface area contributed by atoms with E-state index in [-0.39, 0.29) is 11.7 Å². The lowest BCUT2D eigenvalue weighted by atomic mass is 10.1. The second-order valence-corrected chi connectivity index (χ2v) is 7.42. The fraction of sp³-hybridized carbons (Fsp3) is 0.409. The molecule has 0 atom stereocenters. The molecular weight excluding hydrogens is 355 g/mol. The van der Waals surface area contributed by atoms with E-state index in [0.717, 1.165) is 48.5 Å². The van der Waals surface area contributed by atoms with Crippen molar-refractivity contribution >= 4 is 17.1 Å². The number of nitrogens with zero attached hydrogens (tertiary/aromatic N) is 4. The summed E-state index contributed by atoms with van der Waals surface area (Å²) in [7, 11) is 0. The zero-order valence-electron chi connectivity index (χ0n) is 16.4. The zero-order chi connectivity index (χ0) is 19.7. The molecule has 1 amide bonds. The van der Waals surface area contributed by atoms with Gasteiger partial charge in [0.05, 0.1) is 5.56 Å². The third kappa shape index (κ3) is 3.51. The molecule has 0 aliphatic carbocycles. The van der Waals surface area contributed by atoms with Crippen LogP contribution in [0.15, 0.2) is 30.3 Å². The van der Waals surface area contributed by atoms with Crippen molar-refractivity contribution in [2.75, 3.05) is 6.54 Å². The minimum absolute atomic E-state index is 0.0875. The number of carbonyl (C=O) groups is 1. The zero-order valence-corrected chi connectivity index (χ0v) is 16.4. The summed E-state index contributed by atoms with van der Waals surface area (Å²) in [4.78, 5) is 24.6. The average molecular weight is 380 g/mol. The maximum Gasteiger partial charge on any atom is 0.256 e. The van der Waals surface area contributed by atoms with Gasteiger partial charge in [-0.25, -0.2) is 14.4 Å². The van der Waals surface area contributed by atoms with E-state index < -0.39 is 0 Å². The smallest absolute Gasteiger partial charge is 0.256 e. The van der Waals surface area contributed by atoms with Gasteiger partial charge in [0, 0.05) is 31.7 Å². The predicted molar refractivity (Wildman–Crippen MR) is 107 cm³/mol. The summed E-state index contributed by atoms with van der Waals surface area (Å²) in [6.45, 7) is 5.65. The van der Waals surface area contributed by atoms with Crippen LogP contribution in [0.1, 0.15) is 53.6 Å². The highest BCUT2D eigenvalue weighted by Crippen LogP contribution is 2.25. The van der Waals surface area contributed by atoms with Crippen LogP contribution in [0.25, 0.3) is 11.2 Å². The minimum atomic E-state index is -0.291. The number of imidazole rings is 1. The average Bonchev–Trinajstić information content (AvgIpc) is 2.86. The van der Waals surface area contributed by atoms with Gasteiger partial charge in [0.1, 0.15) is 17.2 Å². The van der Waals surface area contributed by atoms with E-state index in [2.05, 4.69) is 4.57 Å². The van der Waals surface area contributed by atoms with Crippen molar-refractivity contribution in [3.05, 3.63) is 58.8 Å². The van der Waals surface area contributed by atoms with Gasteiger partial charge < -0.3 is 9.47 Å². The molecular formula is C22H25FN4O. The van der Waals surface area contributed by atoms with Crippen LogP contribution in [0.5, 0.6) is 0 Å². The van der Waals surface area contributed by atoms with Crippen LogP contribution < -0.4 is 0 Å². The van der Waals surface area contributed by atoms with Gasteiger partial charge >= 0.3 is 0 Å². The number of fused-ring (bicyclic) bond motifs is 3. The largest absolute Gasteiger partial charge is 0.335 e. The fourth-order valence-corrected chi connectivity index (χ4v) is 3.93. The number of rotatable bonds is 4. The van der Waals surface area contributed by atoms with Crippen molar-refractivity contribution in [2.24, 2.45) is 0 Å². The third-order valence-corrected chi connectivity index (χ3v) is 5.35. The van der Waals surface area contributed by atoms with E-state index in [1.54, 1.807) is 11.0 Å². The normalized spacial score (nSPS) is 14.0. The lowest BCUT2D eigenvalue weighted by Crippen LogP contribution is -2.30. The summed E-state index contributed by atoms with van der Waals surface area (Å²) in [6.07, 6.45) is 4.34. The number of hydrogen-bond donors (Lipinski definition) is 0. The third-order valence-electron chi connectivity index (χ3n) is 5.35. The first-order chi connectivity index (χ1) is 13.6. The number of aryl methyl sites for hydroxylation is 3. The SMILES string of the molecule is CCN(Cc1cccc(F)c1)C(=O)c1cc(C)nc2c1nc1n2CCCCC1. The molecule has 28 heavy (non-hydrogen) atoms. The Bertz CT molecular complexity index is 1030. The van der Waals surface area contributed by atoms with Crippen LogP contribution in [0.4, 0.5) is 4.39 Å². The molecule has 3 aromatic rings. The lowest BCUT2D eigenvalue weighted by molar-refractivity contribution is 0.0754. The minimum Gasteiger partial charge on any atom is -0.335 e. The Kier molecular flexibility index (Phi) is 5.11. The van der Waals surface area contributed by atoms with Crippen LogP contribution in [-0.4, -0.2) is 31.9 Å². The Balaban J connectivity index is 1.73. The van der Waals surface area contributed by atoms with Crippen molar-refractivity contribution < 1.29 is 9.18 Å². The van der Waals surface area contributed by atoms with Crippen molar-refractivity contribution in [3.8, 4) is 0 Å². The topological polar surface area (TPSA) is 51.0 Å². The van der Waals surface area contributed by atoms with Crippen LogP contribution in [0, 0.1) is 12.7 Å². The van der Waals surface area contributed by atoms with E-state index in [9.17, 15) is 9.18 Å². The highest BCUT2D eigenvalue weighted by molar-refractivity contribution is 6.04. The van der Waals surface area contributed by atoms with Crippen LogP contribution in [0.2, 0.25) is 0 Å². The number of pyridine rings is 1. The molecule has 1 aliphatic rings. The number of aromatic nitrogens is 3. The van der Waals surface area contributed by atoms with E-state index in [0.29, 0.717) is 24.2 Å². The van der Waals surface area contributed by atoms with Gasteiger partial charge in [0.25, 0.3) is 5.91 Å². The highest BCUT2D eigenvalue weighted by Gasteiger charge is 2.23. The van der Waals surface area contributed by atoms with Crippen molar-refractivity contribution in [2.45, 2.75) is 52.6 Å². The number of benzene rings is 1. The summed E-state index contributed by atoms with van der Waals surface area (Å²) in [5.41, 5.74) is 3.66. The second-order valence-electron chi connectivity index (χ2n) is 7.42. The van der Waals surface area contributed by atoms with E-state index in [4.69, 9.17) is 9.97 Å². The first kappa shape index (κ1) is 18.6. The molecule has 2 aromatic heterocycles. The summed E-state index contributed by atoms with van der Waals surface area (Å²) < 4.78 is 15.7. The molecule has 0 bridgehead atoms. The molecule has 0 unspecified atom stereocenters. The first-order valence-electron chi connectivity index (χ1n) is 9.97. The fourth-order valence-electron chi connectivity index (χ4n) is 3.93. The van der Waals surface area contributed by atoms with Crippen molar-refractivity contribution in [1.29, 1.82) is 0 Å². The molecule has 6 heteroatoms. The van der Waals surface area contributed by atoms with E-state index in [1.807, 2.05) is 26.0 Å². The van der Waals surface area contributed by atoms with Crippen LogP contribution in [-0.2, 0) is 19.5 Å². The Morgan fingerprint density at radius 3 is 2.86 bits per heavy atom. The number of carbonyl (C=O) groups excluding carboxylic acids is 1. The predicted octanol–water partition coefficient (Wildman–Crippen LogP) is 4.27. The Morgan fingerprint density at radius 2 is 2.07 bits per heavy atom. The molecule has 0 spiro atoms. The van der Waals surface area contributed by atoms with Gasteiger partial charge in [0.15, 0.2) is 5.65 Å². The summed E-state index contributed by atoms with van der Waals surface area (Å²) >= 11 is 0. The number of hydrogen-bond acceptors (Lipinski definition) is 3. The summed E-state index contributed by atoms with van der Waals surface area (Å²) in [5.74, 6) is 0.643. The maximum absolute atomic E-state index is 13.5. The van der Waals surface area contributed by atoms with Gasteiger partial charge in [0.2, 0.25) is 0 Å². The Hall–Kier alpha value is -2.76. The molecule has 1 aromatic carbocycles. The Labute approximate surface area is 164 Å². The van der Waals surface area contributed by atoms with Crippen LogP contribution >= 0.6 is 0 Å². The molecule has 146 valence electrons. The monoisotopic (exact) mass is 380 g/mol. The standard InChI is InChI=1S/C22H25FN4O/c1-3-26(14-16-8-7-9-17(23)13-16)22(28)18-12-15(2)24-21-20(18)25-19-10-5-4-6-11-27(19)21/h7-9,12-13H,3-6,10-11,14H2,1-2H3. The molecule has 3 heterocycles. The quantitative estimate of drug-likeness (QED) is 0.679. The number of halogens is 1.